The molecule has 2 aromatic carbocycles. The lowest BCUT2D eigenvalue weighted by Crippen LogP contribution is -2.17. The first-order valence-electron chi connectivity index (χ1n) is 6.96. The summed E-state index contributed by atoms with van der Waals surface area (Å²) in [6.45, 7) is -0.0142. The van der Waals surface area contributed by atoms with Gasteiger partial charge in [0.2, 0.25) is 5.91 Å². The van der Waals surface area contributed by atoms with Crippen LogP contribution in [0.25, 0.3) is 0 Å². The standard InChI is InChI=1S/C17H18N2O4/c1-22-11-16(20)18-13-5-3-12(4-6-13)17(21)19-14-7-9-15(23-2)10-8-14/h3-10H,11H2,1-2H3,(H,18,20)(H,19,21). The van der Waals surface area contributed by atoms with Crippen molar-refractivity contribution in [2.45, 2.75) is 0 Å². The van der Waals surface area contributed by atoms with Crippen LogP contribution < -0.4 is 15.4 Å². The molecule has 0 radical (unpaired) electrons. The van der Waals surface area contributed by atoms with Gasteiger partial charge in [0.25, 0.3) is 5.91 Å². The number of hydrogen-bond acceptors (Lipinski definition) is 4. The van der Waals surface area contributed by atoms with Crippen molar-refractivity contribution in [3.8, 4) is 5.75 Å². The molecule has 120 valence electrons. The van der Waals surface area contributed by atoms with Crippen LogP contribution in [-0.2, 0) is 9.53 Å². The molecule has 2 amide bonds. The maximum Gasteiger partial charge on any atom is 0.255 e. The van der Waals surface area contributed by atoms with Crippen molar-refractivity contribution in [2.75, 3.05) is 31.5 Å². The van der Waals surface area contributed by atoms with Gasteiger partial charge in [0.05, 0.1) is 7.11 Å². The lowest BCUT2D eigenvalue weighted by molar-refractivity contribution is -0.119. The van der Waals surface area contributed by atoms with E-state index in [1.807, 2.05) is 0 Å². The summed E-state index contributed by atoms with van der Waals surface area (Å²) >= 11 is 0. The van der Waals surface area contributed by atoms with E-state index in [-0.39, 0.29) is 18.4 Å². The van der Waals surface area contributed by atoms with Gasteiger partial charge in [-0.2, -0.15) is 0 Å². The van der Waals surface area contributed by atoms with E-state index in [1.54, 1.807) is 55.6 Å². The number of amides is 2. The predicted octanol–water partition coefficient (Wildman–Crippen LogP) is 2.53. The van der Waals surface area contributed by atoms with Gasteiger partial charge in [-0.25, -0.2) is 0 Å². The fourth-order valence-electron chi connectivity index (χ4n) is 1.91. The van der Waals surface area contributed by atoms with Crippen LogP contribution in [0.3, 0.4) is 0 Å². The summed E-state index contributed by atoms with van der Waals surface area (Å²) in [6, 6.07) is 13.7. The normalized spacial score (nSPS) is 10.0. The highest BCUT2D eigenvalue weighted by molar-refractivity contribution is 6.04. The largest absolute Gasteiger partial charge is 0.497 e. The van der Waals surface area contributed by atoms with E-state index in [4.69, 9.17) is 9.47 Å². The van der Waals surface area contributed by atoms with Crippen LogP contribution in [0.1, 0.15) is 10.4 Å². The minimum atomic E-state index is -0.247. The van der Waals surface area contributed by atoms with Crippen molar-refractivity contribution in [3.63, 3.8) is 0 Å². The number of carbonyl (C=O) groups is 2. The first-order valence-corrected chi connectivity index (χ1v) is 6.96. The minimum absolute atomic E-state index is 0.0142. The average Bonchev–Trinajstić information content (AvgIpc) is 2.56. The van der Waals surface area contributed by atoms with Gasteiger partial charge in [-0.05, 0) is 48.5 Å². The Kier molecular flexibility index (Phi) is 5.71. The van der Waals surface area contributed by atoms with E-state index in [2.05, 4.69) is 10.6 Å². The summed E-state index contributed by atoms with van der Waals surface area (Å²) in [5, 5.41) is 5.45. The Morgan fingerprint density at radius 3 is 2.00 bits per heavy atom. The van der Waals surface area contributed by atoms with Crippen molar-refractivity contribution in [3.05, 3.63) is 54.1 Å². The second-order valence-electron chi connectivity index (χ2n) is 4.74. The molecule has 0 aliphatic rings. The Balaban J connectivity index is 1.97. The van der Waals surface area contributed by atoms with Gasteiger partial charge in [-0.1, -0.05) is 0 Å². The topological polar surface area (TPSA) is 76.7 Å². The number of ether oxygens (including phenoxy) is 2. The van der Waals surface area contributed by atoms with Crippen molar-refractivity contribution in [1.29, 1.82) is 0 Å². The lowest BCUT2D eigenvalue weighted by Gasteiger charge is -2.08. The average molecular weight is 314 g/mol. The SMILES string of the molecule is COCC(=O)Nc1ccc(C(=O)Nc2ccc(OC)cc2)cc1. The highest BCUT2D eigenvalue weighted by Crippen LogP contribution is 2.16. The molecule has 6 nitrogen and oxygen atoms in total. The number of nitrogens with one attached hydrogen (secondary N) is 2. The molecular weight excluding hydrogens is 296 g/mol. The van der Waals surface area contributed by atoms with E-state index in [9.17, 15) is 9.59 Å². The zero-order valence-corrected chi connectivity index (χ0v) is 13.0. The number of benzene rings is 2. The molecule has 0 aliphatic carbocycles. The first-order chi connectivity index (χ1) is 11.1. The van der Waals surface area contributed by atoms with E-state index in [0.29, 0.717) is 16.9 Å². The number of methoxy groups -OCH3 is 2. The van der Waals surface area contributed by atoms with Crippen molar-refractivity contribution < 1.29 is 19.1 Å². The van der Waals surface area contributed by atoms with Gasteiger partial charge in [0.1, 0.15) is 12.4 Å². The Bertz CT molecular complexity index is 666. The summed E-state index contributed by atoms with van der Waals surface area (Å²) in [6.07, 6.45) is 0. The smallest absolute Gasteiger partial charge is 0.255 e. The van der Waals surface area contributed by atoms with E-state index in [0.717, 1.165) is 5.75 Å². The van der Waals surface area contributed by atoms with Crippen LogP contribution >= 0.6 is 0 Å². The fraction of sp³-hybridized carbons (Fsp3) is 0.176. The van der Waals surface area contributed by atoms with Crippen LogP contribution in [0.4, 0.5) is 11.4 Å². The van der Waals surface area contributed by atoms with E-state index in [1.165, 1.54) is 7.11 Å². The van der Waals surface area contributed by atoms with Crippen LogP contribution in [0.2, 0.25) is 0 Å². The summed E-state index contributed by atoms with van der Waals surface area (Å²) < 4.78 is 9.80. The molecule has 0 atom stereocenters. The highest BCUT2D eigenvalue weighted by atomic mass is 16.5. The molecule has 6 heteroatoms. The molecule has 2 N–H and O–H groups in total. The maximum absolute atomic E-state index is 12.2. The Morgan fingerprint density at radius 2 is 1.43 bits per heavy atom. The highest BCUT2D eigenvalue weighted by Gasteiger charge is 2.07. The molecule has 2 aromatic rings. The molecule has 0 saturated heterocycles. The summed E-state index contributed by atoms with van der Waals surface area (Å²) in [5.41, 5.74) is 1.77. The molecule has 2 rings (SSSR count). The third kappa shape index (κ3) is 4.82. The lowest BCUT2D eigenvalue weighted by atomic mass is 10.2. The molecule has 0 fully saturated rings. The van der Waals surface area contributed by atoms with Crippen molar-refractivity contribution >= 4 is 23.2 Å². The number of hydrogen-bond donors (Lipinski definition) is 2. The number of anilines is 2. The van der Waals surface area contributed by atoms with Crippen molar-refractivity contribution in [1.82, 2.24) is 0 Å². The fourth-order valence-corrected chi connectivity index (χ4v) is 1.91. The van der Waals surface area contributed by atoms with E-state index < -0.39 is 0 Å². The van der Waals surface area contributed by atoms with Gasteiger partial charge in [0.15, 0.2) is 0 Å². The quantitative estimate of drug-likeness (QED) is 0.859. The molecule has 0 aliphatic heterocycles. The molecule has 0 heterocycles. The summed E-state index contributed by atoms with van der Waals surface area (Å²) in [7, 11) is 3.03. The Labute approximate surface area is 134 Å². The molecule has 0 bridgehead atoms. The van der Waals surface area contributed by atoms with Crippen LogP contribution in [0.5, 0.6) is 5.75 Å². The second kappa shape index (κ2) is 7.95. The first kappa shape index (κ1) is 16.5. The van der Waals surface area contributed by atoms with Gasteiger partial charge >= 0.3 is 0 Å². The van der Waals surface area contributed by atoms with E-state index >= 15 is 0 Å². The van der Waals surface area contributed by atoms with Crippen molar-refractivity contribution in [2.24, 2.45) is 0 Å². The molecule has 23 heavy (non-hydrogen) atoms. The third-order valence-corrected chi connectivity index (χ3v) is 3.05. The maximum atomic E-state index is 12.2. The zero-order valence-electron chi connectivity index (χ0n) is 13.0. The van der Waals surface area contributed by atoms with Gasteiger partial charge in [-0.3, -0.25) is 9.59 Å². The predicted molar refractivity (Wildman–Crippen MR) is 87.9 cm³/mol. The Morgan fingerprint density at radius 1 is 0.870 bits per heavy atom. The second-order valence-corrected chi connectivity index (χ2v) is 4.74. The molecule has 0 aromatic heterocycles. The zero-order chi connectivity index (χ0) is 16.7. The Hall–Kier alpha value is -2.86. The molecule has 0 saturated carbocycles. The third-order valence-electron chi connectivity index (χ3n) is 3.05. The monoisotopic (exact) mass is 314 g/mol. The summed E-state index contributed by atoms with van der Waals surface area (Å²) in [5.74, 6) is 0.243. The van der Waals surface area contributed by atoms with Gasteiger partial charge < -0.3 is 20.1 Å². The van der Waals surface area contributed by atoms with Gasteiger partial charge in [0, 0.05) is 24.0 Å². The summed E-state index contributed by atoms with van der Waals surface area (Å²) in [4.78, 5) is 23.6. The molecular formula is C17H18N2O4. The molecule has 0 unspecified atom stereocenters. The molecule has 0 spiro atoms. The van der Waals surface area contributed by atoms with Crippen LogP contribution in [0.15, 0.2) is 48.5 Å². The minimum Gasteiger partial charge on any atom is -0.497 e. The van der Waals surface area contributed by atoms with Crippen LogP contribution in [-0.4, -0.2) is 32.6 Å². The van der Waals surface area contributed by atoms with Crippen LogP contribution in [0, 0.1) is 0 Å². The van der Waals surface area contributed by atoms with Gasteiger partial charge in [-0.15, -0.1) is 0 Å². The number of rotatable bonds is 6. The number of carbonyl (C=O) groups excluding carboxylic acids is 2.